The topological polar surface area (TPSA) is 49.3 Å². The van der Waals surface area contributed by atoms with Crippen molar-refractivity contribution in [2.45, 2.75) is 32.7 Å². The zero-order valence-corrected chi connectivity index (χ0v) is 9.69. The van der Waals surface area contributed by atoms with Crippen LogP contribution in [0, 0.1) is 5.41 Å². The van der Waals surface area contributed by atoms with Gasteiger partial charge >= 0.3 is 5.97 Å². The van der Waals surface area contributed by atoms with Gasteiger partial charge in [0.25, 0.3) is 0 Å². The molecule has 1 aliphatic rings. The minimum absolute atomic E-state index is 0.507. The van der Waals surface area contributed by atoms with Gasteiger partial charge in [-0.1, -0.05) is 0 Å². The van der Waals surface area contributed by atoms with Crippen LogP contribution in [0.2, 0.25) is 0 Å². The molecule has 2 N–H and O–H groups in total. The fourth-order valence-electron chi connectivity index (χ4n) is 1.38. The second-order valence-corrected chi connectivity index (χ2v) is 5.63. The maximum absolute atomic E-state index is 10.8. The molecule has 82 valence electrons. The molecule has 0 aromatic carbocycles. The number of rotatable bonds is 4. The minimum Gasteiger partial charge on any atom is -0.481 e. The van der Waals surface area contributed by atoms with Gasteiger partial charge in [-0.3, -0.25) is 4.79 Å². The lowest BCUT2D eigenvalue weighted by Gasteiger charge is -2.27. The molecular formula is C10H19NO2S. The van der Waals surface area contributed by atoms with Crippen LogP contribution in [0.15, 0.2) is 0 Å². The van der Waals surface area contributed by atoms with Crippen LogP contribution in [0.25, 0.3) is 0 Å². The van der Waals surface area contributed by atoms with E-state index < -0.39 is 11.4 Å². The van der Waals surface area contributed by atoms with Crippen molar-refractivity contribution in [2.75, 3.05) is 18.1 Å². The number of carbonyl (C=O) groups is 1. The van der Waals surface area contributed by atoms with E-state index in [4.69, 9.17) is 5.11 Å². The normalized spacial score (nSPS) is 23.4. The molecule has 14 heavy (non-hydrogen) atoms. The number of hydrogen-bond acceptors (Lipinski definition) is 3. The van der Waals surface area contributed by atoms with Gasteiger partial charge in [0, 0.05) is 18.3 Å². The summed E-state index contributed by atoms with van der Waals surface area (Å²) in [5.41, 5.74) is -0.651. The Morgan fingerprint density at radius 2 is 2.36 bits per heavy atom. The summed E-state index contributed by atoms with van der Waals surface area (Å²) in [4.78, 5) is 10.8. The van der Waals surface area contributed by atoms with Gasteiger partial charge in [-0.2, -0.15) is 11.8 Å². The third-order valence-corrected chi connectivity index (χ3v) is 3.79. The van der Waals surface area contributed by atoms with Gasteiger partial charge in [0.05, 0.1) is 5.41 Å². The van der Waals surface area contributed by atoms with Crippen molar-refractivity contribution >= 4 is 17.7 Å². The highest BCUT2D eigenvalue weighted by atomic mass is 32.2. The molecule has 0 bridgehead atoms. The number of thioether (sulfide) groups is 1. The molecule has 1 atom stereocenters. The standard InChI is InChI=1S/C10H19NO2S/c1-10(2,9(12)13)7-11-8-4-3-5-14-6-8/h8,11H,3-7H2,1-2H3,(H,12,13). The molecule has 1 heterocycles. The van der Waals surface area contributed by atoms with Crippen LogP contribution in [0.1, 0.15) is 26.7 Å². The zero-order valence-electron chi connectivity index (χ0n) is 8.88. The van der Waals surface area contributed by atoms with Gasteiger partial charge in [-0.15, -0.1) is 0 Å². The van der Waals surface area contributed by atoms with Crippen molar-refractivity contribution < 1.29 is 9.90 Å². The smallest absolute Gasteiger partial charge is 0.310 e. The van der Waals surface area contributed by atoms with Crippen LogP contribution in [0.5, 0.6) is 0 Å². The highest BCUT2D eigenvalue weighted by molar-refractivity contribution is 7.99. The predicted octanol–water partition coefficient (Wildman–Crippen LogP) is 1.58. The summed E-state index contributed by atoms with van der Waals surface area (Å²) in [5.74, 6) is 1.64. The van der Waals surface area contributed by atoms with Crippen LogP contribution in [-0.2, 0) is 4.79 Å². The average Bonchev–Trinajstić information content (AvgIpc) is 2.16. The Kier molecular flexibility index (Phi) is 4.26. The molecule has 1 unspecified atom stereocenters. The van der Waals surface area contributed by atoms with Crippen molar-refractivity contribution in [3.8, 4) is 0 Å². The first-order chi connectivity index (χ1) is 6.52. The van der Waals surface area contributed by atoms with E-state index in [2.05, 4.69) is 5.32 Å². The first kappa shape index (κ1) is 11.9. The molecule has 0 saturated carbocycles. The Bertz CT molecular complexity index is 200. The largest absolute Gasteiger partial charge is 0.481 e. The third-order valence-electron chi connectivity index (χ3n) is 2.57. The van der Waals surface area contributed by atoms with Gasteiger partial charge in [0.15, 0.2) is 0 Å². The van der Waals surface area contributed by atoms with E-state index in [9.17, 15) is 4.79 Å². The quantitative estimate of drug-likeness (QED) is 0.750. The summed E-state index contributed by atoms with van der Waals surface area (Å²) in [7, 11) is 0. The highest BCUT2D eigenvalue weighted by Gasteiger charge is 2.28. The molecule has 0 aromatic rings. The summed E-state index contributed by atoms with van der Waals surface area (Å²) < 4.78 is 0. The first-order valence-corrected chi connectivity index (χ1v) is 6.22. The monoisotopic (exact) mass is 217 g/mol. The molecule has 3 nitrogen and oxygen atoms in total. The van der Waals surface area contributed by atoms with Gasteiger partial charge in [0.1, 0.15) is 0 Å². The zero-order chi connectivity index (χ0) is 10.6. The average molecular weight is 217 g/mol. The molecule has 1 aliphatic heterocycles. The van der Waals surface area contributed by atoms with Crippen LogP contribution in [-0.4, -0.2) is 35.2 Å². The van der Waals surface area contributed by atoms with Crippen LogP contribution in [0.4, 0.5) is 0 Å². The van der Waals surface area contributed by atoms with Crippen LogP contribution in [0.3, 0.4) is 0 Å². The first-order valence-electron chi connectivity index (χ1n) is 5.07. The Morgan fingerprint density at radius 1 is 1.64 bits per heavy atom. The van der Waals surface area contributed by atoms with E-state index in [-0.39, 0.29) is 0 Å². The predicted molar refractivity (Wildman–Crippen MR) is 59.8 cm³/mol. The Labute approximate surface area is 89.6 Å². The second-order valence-electron chi connectivity index (χ2n) is 4.48. The van der Waals surface area contributed by atoms with Crippen molar-refractivity contribution in [1.82, 2.24) is 5.32 Å². The lowest BCUT2D eigenvalue weighted by Crippen LogP contribution is -2.42. The molecule has 0 aliphatic carbocycles. The number of hydrogen-bond donors (Lipinski definition) is 2. The fourth-order valence-corrected chi connectivity index (χ4v) is 2.48. The Morgan fingerprint density at radius 3 is 2.86 bits per heavy atom. The van der Waals surface area contributed by atoms with Crippen molar-refractivity contribution in [3.05, 3.63) is 0 Å². The highest BCUT2D eigenvalue weighted by Crippen LogP contribution is 2.19. The molecular weight excluding hydrogens is 198 g/mol. The molecule has 0 radical (unpaired) electrons. The molecule has 0 spiro atoms. The van der Waals surface area contributed by atoms with Gasteiger partial charge < -0.3 is 10.4 Å². The van der Waals surface area contributed by atoms with E-state index in [0.717, 1.165) is 5.75 Å². The lowest BCUT2D eigenvalue weighted by molar-refractivity contribution is -0.146. The van der Waals surface area contributed by atoms with Gasteiger partial charge in [-0.05, 0) is 32.4 Å². The third kappa shape index (κ3) is 3.50. The van der Waals surface area contributed by atoms with Gasteiger partial charge in [-0.25, -0.2) is 0 Å². The second kappa shape index (κ2) is 5.03. The van der Waals surface area contributed by atoms with Gasteiger partial charge in [0.2, 0.25) is 0 Å². The molecule has 0 aromatic heterocycles. The van der Waals surface area contributed by atoms with E-state index >= 15 is 0 Å². The summed E-state index contributed by atoms with van der Waals surface area (Å²) in [6, 6.07) is 0.507. The van der Waals surface area contributed by atoms with E-state index in [1.807, 2.05) is 11.8 Å². The number of aliphatic carboxylic acids is 1. The summed E-state index contributed by atoms with van der Waals surface area (Å²) >= 11 is 1.95. The van der Waals surface area contributed by atoms with Crippen molar-refractivity contribution in [3.63, 3.8) is 0 Å². The fraction of sp³-hybridized carbons (Fsp3) is 0.900. The Balaban J connectivity index is 2.28. The van der Waals surface area contributed by atoms with Crippen LogP contribution < -0.4 is 5.32 Å². The van der Waals surface area contributed by atoms with E-state index in [0.29, 0.717) is 12.6 Å². The van der Waals surface area contributed by atoms with Crippen LogP contribution >= 0.6 is 11.8 Å². The number of carboxylic acids is 1. The molecule has 1 fully saturated rings. The summed E-state index contributed by atoms with van der Waals surface area (Å²) in [6.07, 6.45) is 2.43. The SMILES string of the molecule is CC(C)(CNC1CCCSC1)C(=O)O. The maximum Gasteiger partial charge on any atom is 0.310 e. The molecule has 1 rings (SSSR count). The number of carboxylic acid groups (broad SMARTS) is 1. The molecule has 0 amide bonds. The van der Waals surface area contributed by atoms with E-state index in [1.165, 1.54) is 18.6 Å². The summed E-state index contributed by atoms with van der Waals surface area (Å²) in [6.45, 7) is 4.09. The maximum atomic E-state index is 10.8. The van der Waals surface area contributed by atoms with Crippen molar-refractivity contribution in [2.24, 2.45) is 5.41 Å². The van der Waals surface area contributed by atoms with E-state index in [1.54, 1.807) is 13.8 Å². The lowest BCUT2D eigenvalue weighted by atomic mass is 9.93. The molecule has 1 saturated heterocycles. The van der Waals surface area contributed by atoms with Crippen molar-refractivity contribution in [1.29, 1.82) is 0 Å². The molecule has 4 heteroatoms. The summed E-state index contributed by atoms with van der Waals surface area (Å²) in [5, 5.41) is 12.3. The number of nitrogens with one attached hydrogen (secondary N) is 1. The minimum atomic E-state index is -0.728. The Hall–Kier alpha value is -0.220.